The van der Waals surface area contributed by atoms with Crippen molar-refractivity contribution in [1.82, 2.24) is 9.80 Å². The lowest BCUT2D eigenvalue weighted by Crippen LogP contribution is -2.51. The molecule has 5 heteroatoms. The molecule has 188 valence electrons. The summed E-state index contributed by atoms with van der Waals surface area (Å²) in [4.78, 5) is 31.2. The fraction of sp³-hybridized carbons (Fsp3) is 0.724. The summed E-state index contributed by atoms with van der Waals surface area (Å²) < 4.78 is 6.65. The maximum absolute atomic E-state index is 13.6. The largest absolute Gasteiger partial charge is 0.487 e. The Labute approximate surface area is 206 Å². The average Bonchev–Trinajstić information content (AvgIpc) is 3.36. The number of benzene rings is 1. The standard InChI is InChI=1S/C29H44N2O3/c1-2-30-20-12-4-3-5-13-21-31(28(32)22-23-14-6-7-15-23)25-17-9-11-19-27(25)34-26-18-10-8-16-24(26)29(30)33/h8,10,16,18,23,25,27H,2-7,9,11-15,17,19-22H2,1H3/t25-,27+/m1/s1. The predicted molar refractivity (Wildman–Crippen MR) is 136 cm³/mol. The van der Waals surface area contributed by atoms with Gasteiger partial charge in [-0.1, -0.05) is 50.7 Å². The van der Waals surface area contributed by atoms with E-state index >= 15 is 0 Å². The molecule has 34 heavy (non-hydrogen) atoms. The highest BCUT2D eigenvalue weighted by Gasteiger charge is 2.36. The van der Waals surface area contributed by atoms with Gasteiger partial charge in [-0.05, 0) is 69.9 Å². The Hall–Kier alpha value is -2.04. The molecule has 2 saturated carbocycles. The van der Waals surface area contributed by atoms with E-state index in [9.17, 15) is 9.59 Å². The van der Waals surface area contributed by atoms with E-state index in [0.29, 0.717) is 36.1 Å². The Morgan fingerprint density at radius 3 is 2.35 bits per heavy atom. The van der Waals surface area contributed by atoms with Crippen molar-refractivity contribution < 1.29 is 14.3 Å². The Morgan fingerprint density at radius 2 is 1.56 bits per heavy atom. The van der Waals surface area contributed by atoms with Crippen LogP contribution in [0.15, 0.2) is 24.3 Å². The van der Waals surface area contributed by atoms with Crippen LogP contribution in [0.5, 0.6) is 5.75 Å². The molecule has 2 fully saturated rings. The molecule has 0 N–H and O–H groups in total. The monoisotopic (exact) mass is 468 g/mol. The maximum atomic E-state index is 13.6. The zero-order chi connectivity index (χ0) is 23.8. The van der Waals surface area contributed by atoms with Crippen LogP contribution in [0.25, 0.3) is 0 Å². The van der Waals surface area contributed by atoms with Gasteiger partial charge in [-0.25, -0.2) is 0 Å². The Balaban J connectivity index is 1.60. The second-order valence-electron chi connectivity index (χ2n) is 10.6. The van der Waals surface area contributed by atoms with Crippen LogP contribution in [0.1, 0.15) is 107 Å². The summed E-state index contributed by atoms with van der Waals surface area (Å²) >= 11 is 0. The molecule has 5 nitrogen and oxygen atoms in total. The van der Waals surface area contributed by atoms with E-state index in [4.69, 9.17) is 4.74 Å². The van der Waals surface area contributed by atoms with Crippen LogP contribution in [-0.2, 0) is 4.79 Å². The van der Waals surface area contributed by atoms with Crippen molar-refractivity contribution in [3.8, 4) is 5.75 Å². The molecule has 2 amide bonds. The fourth-order valence-electron chi connectivity index (χ4n) is 6.22. The summed E-state index contributed by atoms with van der Waals surface area (Å²) in [5.41, 5.74) is 0.660. The van der Waals surface area contributed by atoms with Crippen molar-refractivity contribution in [3.63, 3.8) is 0 Å². The van der Waals surface area contributed by atoms with E-state index in [-0.39, 0.29) is 18.1 Å². The molecule has 0 saturated heterocycles. The third kappa shape index (κ3) is 6.34. The first-order valence-electron chi connectivity index (χ1n) is 14.0. The molecule has 1 aliphatic heterocycles. The summed E-state index contributed by atoms with van der Waals surface area (Å²) in [6.07, 6.45) is 15.3. The molecule has 0 bridgehead atoms. The highest BCUT2D eigenvalue weighted by molar-refractivity contribution is 5.97. The van der Waals surface area contributed by atoms with Gasteiger partial charge in [-0.15, -0.1) is 0 Å². The molecular formula is C29H44N2O3. The number of amides is 2. The van der Waals surface area contributed by atoms with E-state index in [0.717, 1.165) is 70.9 Å². The zero-order valence-electron chi connectivity index (χ0n) is 21.2. The van der Waals surface area contributed by atoms with Gasteiger partial charge in [0.2, 0.25) is 5.91 Å². The molecule has 2 atom stereocenters. The first-order chi connectivity index (χ1) is 16.7. The van der Waals surface area contributed by atoms with E-state index in [1.54, 1.807) is 0 Å². The Bertz CT molecular complexity index is 804. The van der Waals surface area contributed by atoms with Crippen molar-refractivity contribution in [2.45, 2.75) is 109 Å². The molecule has 4 rings (SSSR count). The summed E-state index contributed by atoms with van der Waals surface area (Å²) in [6, 6.07) is 7.84. The molecule has 3 aliphatic rings. The number of hydrogen-bond donors (Lipinski definition) is 0. The number of rotatable bonds is 3. The molecule has 2 aliphatic carbocycles. The van der Waals surface area contributed by atoms with Gasteiger partial charge in [-0.2, -0.15) is 0 Å². The minimum absolute atomic E-state index is 0.0459. The van der Waals surface area contributed by atoms with Crippen LogP contribution in [0.2, 0.25) is 0 Å². The molecule has 1 heterocycles. The average molecular weight is 469 g/mol. The fourth-order valence-corrected chi connectivity index (χ4v) is 6.22. The quantitative estimate of drug-likeness (QED) is 0.530. The minimum Gasteiger partial charge on any atom is -0.487 e. The van der Waals surface area contributed by atoms with Crippen LogP contribution < -0.4 is 4.74 Å². The molecule has 1 aromatic rings. The predicted octanol–water partition coefficient (Wildman–Crippen LogP) is 6.21. The second kappa shape index (κ2) is 12.6. The zero-order valence-corrected chi connectivity index (χ0v) is 21.2. The summed E-state index contributed by atoms with van der Waals surface area (Å²) in [5.74, 6) is 1.64. The van der Waals surface area contributed by atoms with Crippen LogP contribution in [0.4, 0.5) is 0 Å². The van der Waals surface area contributed by atoms with Gasteiger partial charge in [0.05, 0.1) is 11.6 Å². The lowest BCUT2D eigenvalue weighted by molar-refractivity contribution is -0.138. The van der Waals surface area contributed by atoms with Crippen molar-refractivity contribution in [2.75, 3.05) is 19.6 Å². The van der Waals surface area contributed by atoms with Crippen LogP contribution >= 0.6 is 0 Å². The van der Waals surface area contributed by atoms with Gasteiger partial charge in [0.1, 0.15) is 11.9 Å². The summed E-state index contributed by atoms with van der Waals surface area (Å²) in [6.45, 7) is 4.41. The number of carbonyl (C=O) groups excluding carboxylic acids is 2. The molecule has 0 aromatic heterocycles. The number of fused-ring (bicyclic) bond motifs is 2. The topological polar surface area (TPSA) is 49.9 Å². The number of hydrogen-bond acceptors (Lipinski definition) is 3. The van der Waals surface area contributed by atoms with Crippen molar-refractivity contribution in [3.05, 3.63) is 29.8 Å². The molecule has 0 unspecified atom stereocenters. The number of para-hydroxylation sites is 1. The lowest BCUT2D eigenvalue weighted by Gasteiger charge is -2.40. The van der Waals surface area contributed by atoms with E-state index in [1.807, 2.05) is 29.2 Å². The molecule has 0 spiro atoms. The van der Waals surface area contributed by atoms with Gasteiger partial charge < -0.3 is 14.5 Å². The number of carbonyl (C=O) groups is 2. The minimum atomic E-state index is -0.0459. The van der Waals surface area contributed by atoms with Crippen LogP contribution in [-0.4, -0.2) is 53.4 Å². The summed E-state index contributed by atoms with van der Waals surface area (Å²) in [7, 11) is 0. The number of nitrogens with zero attached hydrogens (tertiary/aromatic N) is 2. The summed E-state index contributed by atoms with van der Waals surface area (Å²) in [5, 5.41) is 0. The highest BCUT2D eigenvalue weighted by Crippen LogP contribution is 2.33. The first-order valence-corrected chi connectivity index (χ1v) is 14.0. The van der Waals surface area contributed by atoms with E-state index in [2.05, 4.69) is 11.8 Å². The number of ether oxygens (including phenoxy) is 1. The molecule has 1 aromatic carbocycles. The van der Waals surface area contributed by atoms with Crippen molar-refractivity contribution in [2.24, 2.45) is 5.92 Å². The van der Waals surface area contributed by atoms with Crippen molar-refractivity contribution >= 4 is 11.8 Å². The SMILES string of the molecule is CCN1CCCCCCCN(C(=O)CC2CCCC2)[C@@H]2CCCC[C@@H]2Oc2ccccc2C1=O. The highest BCUT2D eigenvalue weighted by atomic mass is 16.5. The normalized spacial score (nSPS) is 25.6. The molecular weight excluding hydrogens is 424 g/mol. The maximum Gasteiger partial charge on any atom is 0.257 e. The first kappa shape index (κ1) is 25.1. The van der Waals surface area contributed by atoms with Crippen LogP contribution in [0, 0.1) is 5.92 Å². The van der Waals surface area contributed by atoms with E-state index in [1.165, 1.54) is 25.7 Å². The second-order valence-corrected chi connectivity index (χ2v) is 10.6. The van der Waals surface area contributed by atoms with Gasteiger partial charge in [0.15, 0.2) is 0 Å². The Kier molecular flexibility index (Phi) is 9.29. The smallest absolute Gasteiger partial charge is 0.257 e. The molecule has 0 radical (unpaired) electrons. The van der Waals surface area contributed by atoms with Crippen LogP contribution in [0.3, 0.4) is 0 Å². The van der Waals surface area contributed by atoms with Crippen molar-refractivity contribution in [1.29, 1.82) is 0 Å². The van der Waals surface area contributed by atoms with Gasteiger partial charge in [0, 0.05) is 26.1 Å². The Morgan fingerprint density at radius 1 is 0.882 bits per heavy atom. The van der Waals surface area contributed by atoms with E-state index < -0.39 is 0 Å². The third-order valence-electron chi connectivity index (χ3n) is 8.22. The lowest BCUT2D eigenvalue weighted by atomic mass is 9.90. The van der Waals surface area contributed by atoms with Gasteiger partial charge in [-0.3, -0.25) is 9.59 Å². The van der Waals surface area contributed by atoms with Gasteiger partial charge in [0.25, 0.3) is 5.91 Å². The van der Waals surface area contributed by atoms with Gasteiger partial charge >= 0.3 is 0 Å². The third-order valence-corrected chi connectivity index (χ3v) is 8.22.